The summed E-state index contributed by atoms with van der Waals surface area (Å²) in [6, 6.07) is 1.72. The van der Waals surface area contributed by atoms with Crippen LogP contribution in [0.2, 0.25) is 0 Å². The number of carbonyl (C=O) groups excluding carboxylic acids is 1. The second-order valence-electron chi connectivity index (χ2n) is 4.39. The molecular formula is C13H16BrN5O2. The highest BCUT2D eigenvalue weighted by molar-refractivity contribution is 9.10. The third-order valence-electron chi connectivity index (χ3n) is 2.62. The Bertz CT molecular complexity index is 629. The molecule has 0 spiro atoms. The predicted molar refractivity (Wildman–Crippen MR) is 80.9 cm³/mol. The van der Waals surface area contributed by atoms with E-state index in [4.69, 9.17) is 4.52 Å². The van der Waals surface area contributed by atoms with Crippen LogP contribution in [-0.4, -0.2) is 27.6 Å². The Morgan fingerprint density at radius 3 is 2.95 bits per heavy atom. The van der Waals surface area contributed by atoms with Gasteiger partial charge in [0.2, 0.25) is 5.89 Å². The first-order valence-corrected chi connectivity index (χ1v) is 7.36. The summed E-state index contributed by atoms with van der Waals surface area (Å²) in [5.41, 5.74) is 0.470. The Kier molecular flexibility index (Phi) is 5.26. The molecule has 0 aliphatic carbocycles. The van der Waals surface area contributed by atoms with E-state index in [-0.39, 0.29) is 12.5 Å². The van der Waals surface area contributed by atoms with Crippen LogP contribution in [-0.2, 0) is 6.54 Å². The predicted octanol–water partition coefficient (Wildman–Crippen LogP) is 2.29. The number of halogens is 1. The van der Waals surface area contributed by atoms with E-state index in [9.17, 15) is 4.79 Å². The van der Waals surface area contributed by atoms with Gasteiger partial charge in [-0.3, -0.25) is 4.79 Å². The van der Waals surface area contributed by atoms with Gasteiger partial charge < -0.3 is 15.2 Å². The van der Waals surface area contributed by atoms with Crippen molar-refractivity contribution >= 4 is 27.7 Å². The van der Waals surface area contributed by atoms with Gasteiger partial charge in [0.05, 0.1) is 12.1 Å². The van der Waals surface area contributed by atoms with Crippen LogP contribution >= 0.6 is 15.9 Å². The number of anilines is 1. The van der Waals surface area contributed by atoms with Gasteiger partial charge in [0.15, 0.2) is 5.82 Å². The third-order valence-corrected chi connectivity index (χ3v) is 3.05. The van der Waals surface area contributed by atoms with Gasteiger partial charge in [-0.2, -0.15) is 4.98 Å². The summed E-state index contributed by atoms with van der Waals surface area (Å²) in [7, 11) is 0. The molecule has 0 bridgehead atoms. The fourth-order valence-electron chi connectivity index (χ4n) is 1.66. The van der Waals surface area contributed by atoms with Gasteiger partial charge in [-0.05, 0) is 28.4 Å². The number of nitrogens with one attached hydrogen (secondary N) is 2. The van der Waals surface area contributed by atoms with Crippen LogP contribution in [0, 0.1) is 6.92 Å². The Morgan fingerprint density at radius 1 is 1.48 bits per heavy atom. The summed E-state index contributed by atoms with van der Waals surface area (Å²) in [4.78, 5) is 20.5. The van der Waals surface area contributed by atoms with Crippen LogP contribution in [0.3, 0.4) is 0 Å². The zero-order valence-corrected chi connectivity index (χ0v) is 13.4. The lowest BCUT2D eigenvalue weighted by molar-refractivity contribution is 0.0950. The number of aryl methyl sites for hydroxylation is 1. The lowest BCUT2D eigenvalue weighted by atomic mass is 10.2. The number of pyridine rings is 1. The molecule has 7 nitrogen and oxygen atoms in total. The maximum absolute atomic E-state index is 12.3. The number of rotatable bonds is 6. The van der Waals surface area contributed by atoms with Crippen molar-refractivity contribution in [3.05, 3.63) is 34.0 Å². The Balaban J connectivity index is 2.08. The van der Waals surface area contributed by atoms with Gasteiger partial charge in [0, 0.05) is 24.1 Å². The first kappa shape index (κ1) is 15.4. The third kappa shape index (κ3) is 4.25. The summed E-state index contributed by atoms with van der Waals surface area (Å²) in [5.74, 6) is 1.22. The van der Waals surface area contributed by atoms with Crippen molar-refractivity contribution in [2.24, 2.45) is 0 Å². The number of hydrogen-bond donors (Lipinski definition) is 2. The van der Waals surface area contributed by atoms with E-state index in [2.05, 4.69) is 41.7 Å². The second kappa shape index (κ2) is 7.16. The van der Waals surface area contributed by atoms with Crippen LogP contribution in [0.25, 0.3) is 0 Å². The van der Waals surface area contributed by atoms with Crippen LogP contribution in [0.4, 0.5) is 5.82 Å². The standard InChI is InChI=1S/C13H16BrN5O2/c1-3-4-15-12-10(5-9(14)6-16-12)13(20)17-7-11-18-8(2)21-19-11/h5-6H,3-4,7H2,1-2H3,(H,15,16)(H,17,20). The monoisotopic (exact) mass is 353 g/mol. The highest BCUT2D eigenvalue weighted by Gasteiger charge is 2.14. The van der Waals surface area contributed by atoms with Crippen LogP contribution in [0.5, 0.6) is 0 Å². The SMILES string of the molecule is CCCNc1ncc(Br)cc1C(=O)NCc1noc(C)n1. The molecule has 8 heteroatoms. The fraction of sp³-hybridized carbons (Fsp3) is 0.385. The maximum atomic E-state index is 12.3. The molecule has 2 rings (SSSR count). The maximum Gasteiger partial charge on any atom is 0.255 e. The van der Waals surface area contributed by atoms with Crippen molar-refractivity contribution in [2.75, 3.05) is 11.9 Å². The molecule has 0 aliphatic heterocycles. The van der Waals surface area contributed by atoms with Crippen LogP contribution in [0.15, 0.2) is 21.3 Å². The Labute approximate surface area is 130 Å². The van der Waals surface area contributed by atoms with E-state index in [0.29, 0.717) is 23.1 Å². The van der Waals surface area contributed by atoms with Crippen molar-refractivity contribution in [1.82, 2.24) is 20.4 Å². The number of aromatic nitrogens is 3. The van der Waals surface area contributed by atoms with E-state index < -0.39 is 0 Å². The van der Waals surface area contributed by atoms with Crippen molar-refractivity contribution in [2.45, 2.75) is 26.8 Å². The highest BCUT2D eigenvalue weighted by Crippen LogP contribution is 2.18. The van der Waals surface area contributed by atoms with Gasteiger partial charge in [-0.15, -0.1) is 0 Å². The molecule has 112 valence electrons. The van der Waals surface area contributed by atoms with E-state index in [1.807, 2.05) is 6.92 Å². The van der Waals surface area contributed by atoms with Gasteiger partial charge in [-0.25, -0.2) is 4.98 Å². The van der Waals surface area contributed by atoms with Crippen molar-refractivity contribution in [1.29, 1.82) is 0 Å². The van der Waals surface area contributed by atoms with Crippen molar-refractivity contribution in [3.63, 3.8) is 0 Å². The molecule has 0 aliphatic rings. The lowest BCUT2D eigenvalue weighted by Gasteiger charge is -2.10. The van der Waals surface area contributed by atoms with Crippen molar-refractivity contribution in [3.8, 4) is 0 Å². The molecule has 2 heterocycles. The topological polar surface area (TPSA) is 92.9 Å². The summed E-state index contributed by atoms with van der Waals surface area (Å²) < 4.78 is 5.59. The number of nitrogens with zero attached hydrogens (tertiary/aromatic N) is 3. The molecule has 0 saturated carbocycles. The molecule has 0 radical (unpaired) electrons. The first-order valence-electron chi connectivity index (χ1n) is 6.57. The minimum absolute atomic E-state index is 0.204. The van der Waals surface area contributed by atoms with Gasteiger partial charge in [0.1, 0.15) is 5.82 Å². The van der Waals surface area contributed by atoms with E-state index >= 15 is 0 Å². The van der Waals surface area contributed by atoms with Gasteiger partial charge in [0.25, 0.3) is 5.91 Å². The van der Waals surface area contributed by atoms with Crippen LogP contribution in [0.1, 0.15) is 35.4 Å². The van der Waals surface area contributed by atoms with E-state index in [1.54, 1.807) is 19.2 Å². The molecule has 0 unspecified atom stereocenters. The highest BCUT2D eigenvalue weighted by atomic mass is 79.9. The molecule has 21 heavy (non-hydrogen) atoms. The number of hydrogen-bond acceptors (Lipinski definition) is 6. The van der Waals surface area contributed by atoms with E-state index in [0.717, 1.165) is 17.4 Å². The number of amides is 1. The molecule has 0 fully saturated rings. The molecule has 2 aromatic rings. The first-order chi connectivity index (χ1) is 10.1. The molecular weight excluding hydrogens is 338 g/mol. The van der Waals surface area contributed by atoms with Crippen LogP contribution < -0.4 is 10.6 Å². The zero-order valence-electron chi connectivity index (χ0n) is 11.8. The molecule has 2 N–H and O–H groups in total. The minimum Gasteiger partial charge on any atom is -0.369 e. The Hall–Kier alpha value is -1.96. The summed E-state index contributed by atoms with van der Waals surface area (Å²) in [5, 5.41) is 9.61. The van der Waals surface area contributed by atoms with Crippen molar-refractivity contribution < 1.29 is 9.32 Å². The summed E-state index contributed by atoms with van der Waals surface area (Å²) in [6.07, 6.45) is 2.60. The molecule has 0 aromatic carbocycles. The van der Waals surface area contributed by atoms with Gasteiger partial charge in [-0.1, -0.05) is 12.1 Å². The van der Waals surface area contributed by atoms with Gasteiger partial charge >= 0.3 is 0 Å². The number of carbonyl (C=O) groups is 1. The average molecular weight is 354 g/mol. The smallest absolute Gasteiger partial charge is 0.255 e. The Morgan fingerprint density at radius 2 is 2.29 bits per heavy atom. The quantitative estimate of drug-likeness (QED) is 0.827. The molecule has 0 saturated heterocycles. The largest absolute Gasteiger partial charge is 0.369 e. The lowest BCUT2D eigenvalue weighted by Crippen LogP contribution is -2.25. The normalized spacial score (nSPS) is 10.4. The molecule has 2 aromatic heterocycles. The van der Waals surface area contributed by atoms with E-state index in [1.165, 1.54) is 0 Å². The fourth-order valence-corrected chi connectivity index (χ4v) is 2.00. The summed E-state index contributed by atoms with van der Waals surface area (Å²) in [6.45, 7) is 4.70. The zero-order chi connectivity index (χ0) is 15.2. The molecule has 1 amide bonds. The molecule has 0 atom stereocenters. The second-order valence-corrected chi connectivity index (χ2v) is 5.30. The average Bonchev–Trinajstić information content (AvgIpc) is 2.89. The minimum atomic E-state index is -0.246. The summed E-state index contributed by atoms with van der Waals surface area (Å²) >= 11 is 3.32.